The van der Waals surface area contributed by atoms with Crippen molar-refractivity contribution in [3.63, 3.8) is 0 Å². The van der Waals surface area contributed by atoms with Gasteiger partial charge in [0.25, 0.3) is 5.92 Å². The Kier molecular flexibility index (Phi) is 3.00. The van der Waals surface area contributed by atoms with Crippen molar-refractivity contribution >= 4 is 11.5 Å². The number of nitrogen functional groups attached to an aromatic ring is 1. The first kappa shape index (κ1) is 12.8. The van der Waals surface area contributed by atoms with Gasteiger partial charge >= 0.3 is 0 Å². The zero-order valence-electron chi connectivity index (χ0n) is 10.8. The number of halogens is 2. The molecule has 3 heterocycles. The third kappa shape index (κ3) is 2.29. The third-order valence-electron chi connectivity index (χ3n) is 3.38. The van der Waals surface area contributed by atoms with Gasteiger partial charge in [0.2, 0.25) is 0 Å². The predicted octanol–water partition coefficient (Wildman–Crippen LogP) is 2.57. The summed E-state index contributed by atoms with van der Waals surface area (Å²) in [6.45, 7) is -0.0776. The molecule has 0 radical (unpaired) electrons. The summed E-state index contributed by atoms with van der Waals surface area (Å²) in [5.74, 6) is -2.26. The molecule has 2 N–H and O–H groups in total. The maximum Gasteiger partial charge on any atom is 0.266 e. The first-order valence-electron chi connectivity index (χ1n) is 6.35. The molecule has 0 saturated carbocycles. The van der Waals surface area contributed by atoms with Gasteiger partial charge in [0, 0.05) is 30.9 Å². The molecule has 2 aromatic rings. The zero-order valence-corrected chi connectivity index (χ0v) is 10.8. The van der Waals surface area contributed by atoms with E-state index in [1.807, 2.05) is 18.2 Å². The molecule has 1 saturated heterocycles. The molecule has 0 amide bonds. The highest BCUT2D eigenvalue weighted by atomic mass is 19.3. The summed E-state index contributed by atoms with van der Waals surface area (Å²) in [5, 5.41) is 0. The third-order valence-corrected chi connectivity index (χ3v) is 3.38. The lowest BCUT2D eigenvalue weighted by molar-refractivity contribution is 0.0257. The maximum absolute atomic E-state index is 13.3. The second kappa shape index (κ2) is 4.70. The highest BCUT2D eigenvalue weighted by Gasteiger charge is 2.39. The number of nitrogens with zero attached hydrogens (tertiary/aromatic N) is 3. The largest absolute Gasteiger partial charge is 0.395 e. The molecule has 1 aliphatic heterocycles. The molecular formula is C14H14F2N4. The van der Waals surface area contributed by atoms with Crippen molar-refractivity contribution in [2.75, 3.05) is 23.7 Å². The second-order valence-corrected chi connectivity index (χ2v) is 4.84. The topological polar surface area (TPSA) is 55.0 Å². The van der Waals surface area contributed by atoms with Crippen LogP contribution in [0.3, 0.4) is 0 Å². The van der Waals surface area contributed by atoms with E-state index in [0.29, 0.717) is 22.8 Å². The summed E-state index contributed by atoms with van der Waals surface area (Å²) in [4.78, 5) is 9.91. The van der Waals surface area contributed by atoms with Gasteiger partial charge in [-0.3, -0.25) is 4.98 Å². The number of nitrogens with two attached hydrogens (primary N) is 1. The summed E-state index contributed by atoms with van der Waals surface area (Å²) < 4.78 is 26.6. The van der Waals surface area contributed by atoms with Gasteiger partial charge in [0.05, 0.1) is 17.9 Å². The van der Waals surface area contributed by atoms with E-state index in [-0.39, 0.29) is 19.5 Å². The van der Waals surface area contributed by atoms with E-state index < -0.39 is 5.92 Å². The van der Waals surface area contributed by atoms with Crippen molar-refractivity contribution in [1.82, 2.24) is 9.97 Å². The normalized spacial score (nSPS) is 17.4. The van der Waals surface area contributed by atoms with E-state index >= 15 is 0 Å². The standard InChI is InChI=1S/C14H14F2N4/c15-14(16)5-8-20(9-14)13-12(17)10(4-7-19-13)11-3-1-2-6-18-11/h1-4,6-7H,5,8-9,17H2. The Morgan fingerprint density at radius 2 is 2.00 bits per heavy atom. The van der Waals surface area contributed by atoms with Crippen LogP contribution in [-0.4, -0.2) is 29.0 Å². The molecular weight excluding hydrogens is 262 g/mol. The minimum Gasteiger partial charge on any atom is -0.395 e. The van der Waals surface area contributed by atoms with Gasteiger partial charge < -0.3 is 10.6 Å². The van der Waals surface area contributed by atoms with Crippen LogP contribution in [0.25, 0.3) is 11.3 Å². The molecule has 0 bridgehead atoms. The molecule has 0 unspecified atom stereocenters. The van der Waals surface area contributed by atoms with Gasteiger partial charge in [-0.2, -0.15) is 0 Å². The van der Waals surface area contributed by atoms with Crippen molar-refractivity contribution in [3.05, 3.63) is 36.7 Å². The monoisotopic (exact) mass is 276 g/mol. The number of anilines is 2. The van der Waals surface area contributed by atoms with Gasteiger partial charge in [-0.15, -0.1) is 0 Å². The molecule has 3 rings (SSSR count). The minimum atomic E-state index is -2.67. The summed E-state index contributed by atoms with van der Waals surface area (Å²) in [6, 6.07) is 7.23. The Hall–Kier alpha value is -2.24. The summed E-state index contributed by atoms with van der Waals surface area (Å²) in [6.07, 6.45) is 3.08. The molecule has 20 heavy (non-hydrogen) atoms. The fraction of sp³-hybridized carbons (Fsp3) is 0.286. The van der Waals surface area contributed by atoms with Crippen molar-refractivity contribution in [1.29, 1.82) is 0 Å². The molecule has 6 heteroatoms. The van der Waals surface area contributed by atoms with E-state index in [0.717, 1.165) is 0 Å². The van der Waals surface area contributed by atoms with Gasteiger partial charge in [0.1, 0.15) is 0 Å². The predicted molar refractivity (Wildman–Crippen MR) is 73.7 cm³/mol. The van der Waals surface area contributed by atoms with Gasteiger partial charge in [0.15, 0.2) is 5.82 Å². The molecule has 1 aliphatic rings. The van der Waals surface area contributed by atoms with Crippen molar-refractivity contribution in [3.8, 4) is 11.3 Å². The van der Waals surface area contributed by atoms with Crippen molar-refractivity contribution in [2.45, 2.75) is 12.3 Å². The van der Waals surface area contributed by atoms with E-state index in [1.54, 1.807) is 18.5 Å². The van der Waals surface area contributed by atoms with Crippen LogP contribution in [0.2, 0.25) is 0 Å². The Morgan fingerprint density at radius 1 is 1.15 bits per heavy atom. The number of alkyl halides is 2. The molecule has 1 fully saturated rings. The SMILES string of the molecule is Nc1c(-c2ccccn2)ccnc1N1CCC(F)(F)C1. The van der Waals surface area contributed by atoms with E-state index in [9.17, 15) is 8.78 Å². The van der Waals surface area contributed by atoms with Gasteiger partial charge in [-0.1, -0.05) is 6.07 Å². The van der Waals surface area contributed by atoms with Gasteiger partial charge in [-0.05, 0) is 18.2 Å². The fourth-order valence-corrected chi connectivity index (χ4v) is 2.38. The average Bonchev–Trinajstić information content (AvgIpc) is 2.80. The zero-order chi connectivity index (χ0) is 14.2. The Morgan fingerprint density at radius 3 is 2.65 bits per heavy atom. The Labute approximate surface area is 115 Å². The van der Waals surface area contributed by atoms with Gasteiger partial charge in [-0.25, -0.2) is 13.8 Å². The van der Waals surface area contributed by atoms with E-state index in [1.165, 1.54) is 4.90 Å². The van der Waals surface area contributed by atoms with Crippen molar-refractivity contribution in [2.24, 2.45) is 0 Å². The molecule has 0 aromatic carbocycles. The lowest BCUT2D eigenvalue weighted by Gasteiger charge is -2.20. The highest BCUT2D eigenvalue weighted by molar-refractivity contribution is 5.82. The van der Waals surface area contributed by atoms with Crippen LogP contribution in [0.15, 0.2) is 36.7 Å². The molecule has 0 spiro atoms. The quantitative estimate of drug-likeness (QED) is 0.916. The summed E-state index contributed by atoms with van der Waals surface area (Å²) in [7, 11) is 0. The lowest BCUT2D eigenvalue weighted by Crippen LogP contribution is -2.26. The number of hydrogen-bond donors (Lipinski definition) is 1. The molecule has 104 valence electrons. The Balaban J connectivity index is 1.99. The second-order valence-electron chi connectivity index (χ2n) is 4.84. The fourth-order valence-electron chi connectivity index (χ4n) is 2.38. The first-order chi connectivity index (χ1) is 9.57. The number of aromatic nitrogens is 2. The molecule has 4 nitrogen and oxygen atoms in total. The van der Waals surface area contributed by atoms with Crippen LogP contribution in [-0.2, 0) is 0 Å². The van der Waals surface area contributed by atoms with E-state index in [2.05, 4.69) is 9.97 Å². The highest BCUT2D eigenvalue weighted by Crippen LogP contribution is 2.36. The first-order valence-corrected chi connectivity index (χ1v) is 6.35. The smallest absolute Gasteiger partial charge is 0.266 e. The Bertz CT molecular complexity index is 616. The van der Waals surface area contributed by atoms with Crippen LogP contribution >= 0.6 is 0 Å². The molecule has 0 aliphatic carbocycles. The molecule has 2 aromatic heterocycles. The number of rotatable bonds is 2. The number of pyridine rings is 2. The van der Waals surface area contributed by atoms with Crippen LogP contribution in [0, 0.1) is 0 Å². The van der Waals surface area contributed by atoms with E-state index in [4.69, 9.17) is 5.73 Å². The summed E-state index contributed by atoms with van der Waals surface area (Å²) >= 11 is 0. The summed E-state index contributed by atoms with van der Waals surface area (Å²) in [5.41, 5.74) is 7.91. The lowest BCUT2D eigenvalue weighted by atomic mass is 10.1. The number of hydrogen-bond acceptors (Lipinski definition) is 4. The van der Waals surface area contributed by atoms with Crippen LogP contribution in [0.1, 0.15) is 6.42 Å². The average molecular weight is 276 g/mol. The van der Waals surface area contributed by atoms with Crippen molar-refractivity contribution < 1.29 is 8.78 Å². The van der Waals surface area contributed by atoms with Crippen LogP contribution in [0.5, 0.6) is 0 Å². The van der Waals surface area contributed by atoms with Crippen LogP contribution < -0.4 is 10.6 Å². The maximum atomic E-state index is 13.3. The molecule has 0 atom stereocenters. The van der Waals surface area contributed by atoms with Crippen LogP contribution in [0.4, 0.5) is 20.3 Å². The minimum absolute atomic E-state index is 0.165.